The minimum Gasteiger partial charge on any atom is -0.478 e. The Kier molecular flexibility index (Phi) is 4.10. The zero-order valence-electron chi connectivity index (χ0n) is 8.53. The highest BCUT2D eigenvalue weighted by Gasteiger charge is 2.18. The molecule has 4 nitrogen and oxygen atoms in total. The molecule has 0 bridgehead atoms. The lowest BCUT2D eigenvalue weighted by Crippen LogP contribution is -2.31. The van der Waals surface area contributed by atoms with Crippen molar-refractivity contribution in [3.05, 3.63) is 12.2 Å². The molecule has 1 N–H and O–H groups in total. The van der Waals surface area contributed by atoms with Gasteiger partial charge in [0, 0.05) is 25.3 Å². The number of rotatable bonds is 5. The Morgan fingerprint density at radius 3 is 2.93 bits per heavy atom. The van der Waals surface area contributed by atoms with Crippen LogP contribution in [0.1, 0.15) is 12.8 Å². The van der Waals surface area contributed by atoms with Crippen LogP contribution in [0.4, 0.5) is 0 Å². The smallest absolute Gasteiger partial charge is 0.332 e. The molecule has 0 aliphatic carbocycles. The maximum Gasteiger partial charge on any atom is 0.332 e. The zero-order chi connectivity index (χ0) is 10.6. The van der Waals surface area contributed by atoms with Crippen molar-refractivity contribution >= 4 is 5.97 Å². The second-order valence-electron chi connectivity index (χ2n) is 3.74. The Balaban J connectivity index is 2.24. The van der Waals surface area contributed by atoms with Gasteiger partial charge in [0.15, 0.2) is 0 Å². The molecule has 0 saturated carbocycles. The fourth-order valence-corrected chi connectivity index (χ4v) is 1.59. The van der Waals surface area contributed by atoms with Gasteiger partial charge >= 0.3 is 5.97 Å². The van der Waals surface area contributed by atoms with E-state index < -0.39 is 5.97 Å². The van der Waals surface area contributed by atoms with E-state index in [0.717, 1.165) is 26.0 Å². The van der Waals surface area contributed by atoms with Crippen LogP contribution in [0.3, 0.4) is 0 Å². The van der Waals surface area contributed by atoms with E-state index in [-0.39, 0.29) is 11.7 Å². The SMILES string of the molecule is C=C(CN(C)CC1CCCO1)C(=O)O. The van der Waals surface area contributed by atoms with Gasteiger partial charge in [0.05, 0.1) is 6.10 Å². The van der Waals surface area contributed by atoms with Crippen molar-refractivity contribution in [2.45, 2.75) is 18.9 Å². The van der Waals surface area contributed by atoms with Gasteiger partial charge in [-0.3, -0.25) is 4.90 Å². The fourth-order valence-electron chi connectivity index (χ4n) is 1.59. The maximum absolute atomic E-state index is 10.5. The van der Waals surface area contributed by atoms with Gasteiger partial charge < -0.3 is 9.84 Å². The first-order chi connectivity index (χ1) is 6.59. The van der Waals surface area contributed by atoms with Gasteiger partial charge in [-0.15, -0.1) is 0 Å². The van der Waals surface area contributed by atoms with Crippen molar-refractivity contribution in [1.82, 2.24) is 4.90 Å². The Labute approximate surface area is 84.2 Å². The molecule has 1 unspecified atom stereocenters. The third-order valence-corrected chi connectivity index (χ3v) is 2.30. The van der Waals surface area contributed by atoms with Gasteiger partial charge in [0.2, 0.25) is 0 Å². The van der Waals surface area contributed by atoms with Crippen LogP contribution < -0.4 is 0 Å². The van der Waals surface area contributed by atoms with Gasteiger partial charge in [0.1, 0.15) is 0 Å². The zero-order valence-corrected chi connectivity index (χ0v) is 8.53. The minimum absolute atomic E-state index is 0.227. The monoisotopic (exact) mass is 199 g/mol. The molecule has 0 aromatic heterocycles. The van der Waals surface area contributed by atoms with Crippen LogP contribution in [0.5, 0.6) is 0 Å². The summed E-state index contributed by atoms with van der Waals surface area (Å²) in [7, 11) is 1.88. The molecule has 1 aliphatic rings. The standard InChI is InChI=1S/C10H17NO3/c1-8(10(12)13)6-11(2)7-9-4-3-5-14-9/h9H,1,3-7H2,2H3,(H,12,13). The first kappa shape index (κ1) is 11.2. The maximum atomic E-state index is 10.5. The van der Waals surface area contributed by atoms with Crippen molar-refractivity contribution in [3.63, 3.8) is 0 Å². The second kappa shape index (κ2) is 5.12. The third kappa shape index (κ3) is 3.47. The van der Waals surface area contributed by atoms with Gasteiger partial charge in [-0.05, 0) is 19.9 Å². The molecule has 4 heteroatoms. The van der Waals surface area contributed by atoms with E-state index in [4.69, 9.17) is 9.84 Å². The highest BCUT2D eigenvalue weighted by molar-refractivity contribution is 5.86. The lowest BCUT2D eigenvalue weighted by atomic mass is 10.2. The molecule has 1 heterocycles. The number of hydrogen-bond donors (Lipinski definition) is 1. The van der Waals surface area contributed by atoms with Crippen LogP contribution in [0.2, 0.25) is 0 Å². The van der Waals surface area contributed by atoms with E-state index in [1.807, 2.05) is 11.9 Å². The number of likely N-dealkylation sites (N-methyl/N-ethyl adjacent to an activating group) is 1. The van der Waals surface area contributed by atoms with E-state index in [0.29, 0.717) is 6.54 Å². The Bertz CT molecular complexity index is 221. The number of carbonyl (C=O) groups is 1. The lowest BCUT2D eigenvalue weighted by molar-refractivity contribution is -0.132. The molecule has 0 spiro atoms. The Morgan fingerprint density at radius 1 is 1.71 bits per heavy atom. The van der Waals surface area contributed by atoms with Crippen LogP contribution in [-0.2, 0) is 9.53 Å². The molecule has 1 saturated heterocycles. The van der Waals surface area contributed by atoms with Crippen LogP contribution >= 0.6 is 0 Å². The molecule has 0 radical (unpaired) electrons. The summed E-state index contributed by atoms with van der Waals surface area (Å²) in [6.45, 7) is 5.50. The summed E-state index contributed by atoms with van der Waals surface area (Å²) in [6, 6.07) is 0. The van der Waals surface area contributed by atoms with E-state index in [2.05, 4.69) is 6.58 Å². The molecule has 0 aromatic carbocycles. The molecule has 0 amide bonds. The van der Waals surface area contributed by atoms with Crippen LogP contribution in [0.15, 0.2) is 12.2 Å². The third-order valence-electron chi connectivity index (χ3n) is 2.30. The molecule has 1 fully saturated rings. The van der Waals surface area contributed by atoms with Gasteiger partial charge in [0.25, 0.3) is 0 Å². The summed E-state index contributed by atoms with van der Waals surface area (Å²) >= 11 is 0. The summed E-state index contributed by atoms with van der Waals surface area (Å²) in [5.41, 5.74) is 0.227. The van der Waals surface area contributed by atoms with Gasteiger partial charge in [-0.25, -0.2) is 4.79 Å². The molecule has 1 rings (SSSR count). The summed E-state index contributed by atoms with van der Waals surface area (Å²) in [5.74, 6) is -0.927. The van der Waals surface area contributed by atoms with Crippen molar-refractivity contribution in [1.29, 1.82) is 0 Å². The second-order valence-corrected chi connectivity index (χ2v) is 3.74. The summed E-state index contributed by atoms with van der Waals surface area (Å²) < 4.78 is 5.45. The summed E-state index contributed by atoms with van der Waals surface area (Å²) in [5, 5.41) is 8.63. The number of hydrogen-bond acceptors (Lipinski definition) is 3. The van der Waals surface area contributed by atoms with E-state index in [9.17, 15) is 4.79 Å². The van der Waals surface area contributed by atoms with E-state index in [1.54, 1.807) is 0 Å². The molecule has 0 aromatic rings. The number of carboxylic acids is 1. The van der Waals surface area contributed by atoms with Crippen molar-refractivity contribution in [2.24, 2.45) is 0 Å². The van der Waals surface area contributed by atoms with Gasteiger partial charge in [-0.2, -0.15) is 0 Å². The first-order valence-corrected chi connectivity index (χ1v) is 4.81. The van der Waals surface area contributed by atoms with Crippen LogP contribution in [-0.4, -0.2) is 48.8 Å². The number of aliphatic carboxylic acids is 1. The average Bonchev–Trinajstić information content (AvgIpc) is 2.56. The Morgan fingerprint density at radius 2 is 2.43 bits per heavy atom. The highest BCUT2D eigenvalue weighted by Crippen LogP contribution is 2.12. The number of carboxylic acid groups (broad SMARTS) is 1. The normalized spacial score (nSPS) is 21.4. The van der Waals surface area contributed by atoms with Crippen LogP contribution in [0.25, 0.3) is 0 Å². The lowest BCUT2D eigenvalue weighted by Gasteiger charge is -2.20. The number of ether oxygens (including phenoxy) is 1. The van der Waals surface area contributed by atoms with Crippen molar-refractivity contribution in [2.75, 3.05) is 26.7 Å². The van der Waals surface area contributed by atoms with Crippen LogP contribution in [0, 0.1) is 0 Å². The molecule has 1 atom stereocenters. The van der Waals surface area contributed by atoms with E-state index >= 15 is 0 Å². The largest absolute Gasteiger partial charge is 0.478 e. The topological polar surface area (TPSA) is 49.8 Å². The molecular formula is C10H17NO3. The minimum atomic E-state index is -0.927. The quantitative estimate of drug-likeness (QED) is 0.663. The predicted molar refractivity (Wildman–Crippen MR) is 53.2 cm³/mol. The number of nitrogens with zero attached hydrogens (tertiary/aromatic N) is 1. The first-order valence-electron chi connectivity index (χ1n) is 4.81. The van der Waals surface area contributed by atoms with Gasteiger partial charge in [-0.1, -0.05) is 6.58 Å². The Hall–Kier alpha value is -0.870. The molecular weight excluding hydrogens is 182 g/mol. The fraction of sp³-hybridized carbons (Fsp3) is 0.700. The van der Waals surface area contributed by atoms with E-state index in [1.165, 1.54) is 0 Å². The highest BCUT2D eigenvalue weighted by atomic mass is 16.5. The van der Waals surface area contributed by atoms with Crippen molar-refractivity contribution in [3.8, 4) is 0 Å². The van der Waals surface area contributed by atoms with Crippen molar-refractivity contribution < 1.29 is 14.6 Å². The molecule has 14 heavy (non-hydrogen) atoms. The summed E-state index contributed by atoms with van der Waals surface area (Å²) in [4.78, 5) is 12.5. The average molecular weight is 199 g/mol. The molecule has 80 valence electrons. The molecule has 1 aliphatic heterocycles. The predicted octanol–water partition coefficient (Wildman–Crippen LogP) is 0.738. The summed E-state index contributed by atoms with van der Waals surface area (Å²) in [6.07, 6.45) is 2.45.